The maximum absolute atomic E-state index is 12.6. The van der Waals surface area contributed by atoms with Crippen molar-refractivity contribution in [2.45, 2.75) is 17.6 Å². The maximum Gasteiger partial charge on any atom is 0.416 e. The van der Waals surface area contributed by atoms with Crippen LogP contribution in [0.5, 0.6) is 0 Å². The van der Waals surface area contributed by atoms with Gasteiger partial charge in [-0.15, -0.1) is 0 Å². The highest BCUT2D eigenvalue weighted by molar-refractivity contribution is 7.89. The maximum atomic E-state index is 12.6. The van der Waals surface area contributed by atoms with Crippen molar-refractivity contribution in [1.29, 1.82) is 0 Å². The third-order valence-electron chi connectivity index (χ3n) is 2.77. The molecule has 2 aromatic carbocycles. The van der Waals surface area contributed by atoms with Crippen LogP contribution in [0.3, 0.4) is 0 Å². The molecular weight excluding hydrogens is 303 g/mol. The van der Waals surface area contributed by atoms with Crippen LogP contribution < -0.4 is 4.72 Å². The molecule has 0 spiro atoms. The fourth-order valence-electron chi connectivity index (χ4n) is 1.72. The molecule has 0 unspecified atom stereocenters. The Morgan fingerprint density at radius 2 is 1.62 bits per heavy atom. The average Bonchev–Trinajstić information content (AvgIpc) is 2.46. The summed E-state index contributed by atoms with van der Waals surface area (Å²) in [6.07, 6.45) is -4.45. The highest BCUT2D eigenvalue weighted by Gasteiger charge is 2.30. The van der Waals surface area contributed by atoms with Crippen LogP contribution in [0.2, 0.25) is 0 Å². The number of halogens is 3. The minimum absolute atomic E-state index is 0.0666. The van der Waals surface area contributed by atoms with Crippen molar-refractivity contribution in [2.75, 3.05) is 0 Å². The van der Waals surface area contributed by atoms with Crippen molar-refractivity contribution < 1.29 is 21.6 Å². The zero-order valence-corrected chi connectivity index (χ0v) is 11.6. The van der Waals surface area contributed by atoms with Gasteiger partial charge in [-0.3, -0.25) is 0 Å². The number of hydrogen-bond acceptors (Lipinski definition) is 2. The summed E-state index contributed by atoms with van der Waals surface area (Å²) >= 11 is 0. The Morgan fingerprint density at radius 1 is 0.952 bits per heavy atom. The first-order valence-corrected chi connectivity index (χ1v) is 7.48. The zero-order valence-electron chi connectivity index (χ0n) is 10.8. The van der Waals surface area contributed by atoms with Gasteiger partial charge in [0.05, 0.1) is 10.5 Å². The molecule has 3 nitrogen and oxygen atoms in total. The molecule has 2 aromatic rings. The molecule has 0 heterocycles. The molecule has 21 heavy (non-hydrogen) atoms. The van der Waals surface area contributed by atoms with Crippen LogP contribution in [0.25, 0.3) is 0 Å². The molecule has 112 valence electrons. The predicted octanol–water partition coefficient (Wildman–Crippen LogP) is 3.18. The molecule has 0 aliphatic rings. The lowest BCUT2D eigenvalue weighted by Crippen LogP contribution is -2.23. The molecule has 0 saturated carbocycles. The molecule has 2 rings (SSSR count). The number of alkyl halides is 3. The largest absolute Gasteiger partial charge is 0.416 e. The highest BCUT2D eigenvalue weighted by Crippen LogP contribution is 2.29. The van der Waals surface area contributed by atoms with Gasteiger partial charge < -0.3 is 0 Å². The van der Waals surface area contributed by atoms with E-state index in [9.17, 15) is 21.6 Å². The van der Waals surface area contributed by atoms with E-state index < -0.39 is 21.8 Å². The SMILES string of the molecule is O=S(=O)(NCc1cccc(C(F)(F)F)c1)c1ccccc1. The molecule has 0 atom stereocenters. The first-order chi connectivity index (χ1) is 9.79. The van der Waals surface area contributed by atoms with Gasteiger partial charge in [0.25, 0.3) is 0 Å². The number of nitrogens with one attached hydrogen (secondary N) is 1. The van der Waals surface area contributed by atoms with Crippen LogP contribution in [0.4, 0.5) is 13.2 Å². The van der Waals surface area contributed by atoms with Crippen molar-refractivity contribution in [2.24, 2.45) is 0 Å². The Labute approximate surface area is 120 Å². The van der Waals surface area contributed by atoms with Crippen LogP contribution in [0.1, 0.15) is 11.1 Å². The zero-order chi connectivity index (χ0) is 15.5. The molecule has 0 aliphatic carbocycles. The first kappa shape index (κ1) is 15.5. The minimum Gasteiger partial charge on any atom is -0.207 e. The second kappa shape index (κ2) is 5.87. The number of sulfonamides is 1. The summed E-state index contributed by atoms with van der Waals surface area (Å²) < 4.78 is 63.9. The normalized spacial score (nSPS) is 12.3. The number of benzene rings is 2. The summed E-state index contributed by atoms with van der Waals surface area (Å²) in [7, 11) is -3.74. The van der Waals surface area contributed by atoms with Crippen LogP contribution in [0, 0.1) is 0 Å². The quantitative estimate of drug-likeness (QED) is 0.942. The van der Waals surface area contributed by atoms with E-state index in [2.05, 4.69) is 4.72 Å². The number of rotatable bonds is 4. The third kappa shape index (κ3) is 4.05. The van der Waals surface area contributed by atoms with Gasteiger partial charge in [-0.1, -0.05) is 36.4 Å². The van der Waals surface area contributed by atoms with Gasteiger partial charge in [0.2, 0.25) is 10.0 Å². The van der Waals surface area contributed by atoms with Crippen molar-refractivity contribution in [3.8, 4) is 0 Å². The summed E-state index contributed by atoms with van der Waals surface area (Å²) in [4.78, 5) is 0.0666. The van der Waals surface area contributed by atoms with Crippen molar-refractivity contribution in [3.63, 3.8) is 0 Å². The van der Waals surface area contributed by atoms with Crippen LogP contribution >= 0.6 is 0 Å². The van der Waals surface area contributed by atoms with Crippen LogP contribution in [0.15, 0.2) is 59.5 Å². The Bertz CT molecular complexity index is 712. The Kier molecular flexibility index (Phi) is 4.34. The summed E-state index contributed by atoms with van der Waals surface area (Å²) in [5.41, 5.74) is -0.566. The second-order valence-corrected chi connectivity index (χ2v) is 6.10. The van der Waals surface area contributed by atoms with Crippen molar-refractivity contribution in [3.05, 3.63) is 65.7 Å². The first-order valence-electron chi connectivity index (χ1n) is 6.00. The Balaban J connectivity index is 2.14. The van der Waals surface area contributed by atoms with Gasteiger partial charge in [0, 0.05) is 6.54 Å². The van der Waals surface area contributed by atoms with Crippen LogP contribution in [-0.2, 0) is 22.7 Å². The highest BCUT2D eigenvalue weighted by atomic mass is 32.2. The average molecular weight is 315 g/mol. The monoisotopic (exact) mass is 315 g/mol. The standard InChI is InChI=1S/C14H12F3NO2S/c15-14(16,17)12-6-4-5-11(9-12)10-18-21(19,20)13-7-2-1-3-8-13/h1-9,18H,10H2. The van der Waals surface area contributed by atoms with E-state index in [1.54, 1.807) is 18.2 Å². The molecular formula is C14H12F3NO2S. The topological polar surface area (TPSA) is 46.2 Å². The summed E-state index contributed by atoms with van der Waals surface area (Å²) in [6.45, 7) is -0.207. The predicted molar refractivity (Wildman–Crippen MR) is 71.9 cm³/mol. The van der Waals surface area contributed by atoms with E-state index in [1.165, 1.54) is 24.3 Å². The molecule has 0 aliphatic heterocycles. The van der Waals surface area contributed by atoms with Gasteiger partial charge in [0.15, 0.2) is 0 Å². The second-order valence-electron chi connectivity index (χ2n) is 4.34. The molecule has 7 heteroatoms. The number of hydrogen-bond donors (Lipinski definition) is 1. The summed E-state index contributed by atoms with van der Waals surface area (Å²) in [6, 6.07) is 12.2. The smallest absolute Gasteiger partial charge is 0.207 e. The summed E-state index contributed by atoms with van der Waals surface area (Å²) in [5, 5.41) is 0. The molecule has 0 radical (unpaired) electrons. The lowest BCUT2D eigenvalue weighted by molar-refractivity contribution is -0.137. The fraction of sp³-hybridized carbons (Fsp3) is 0.143. The van der Waals surface area contributed by atoms with Gasteiger partial charge in [-0.05, 0) is 23.8 Å². The minimum atomic E-state index is -4.45. The van der Waals surface area contributed by atoms with E-state index in [4.69, 9.17) is 0 Å². The molecule has 0 fully saturated rings. The van der Waals surface area contributed by atoms with Gasteiger partial charge in [-0.2, -0.15) is 13.2 Å². The molecule has 1 N–H and O–H groups in total. The van der Waals surface area contributed by atoms with Gasteiger partial charge in [-0.25, -0.2) is 13.1 Å². The lowest BCUT2D eigenvalue weighted by Gasteiger charge is -2.10. The van der Waals surface area contributed by atoms with Crippen molar-refractivity contribution in [1.82, 2.24) is 4.72 Å². The van der Waals surface area contributed by atoms with E-state index in [0.29, 0.717) is 0 Å². The van der Waals surface area contributed by atoms with Crippen molar-refractivity contribution >= 4 is 10.0 Å². The molecule has 0 aromatic heterocycles. The Morgan fingerprint density at radius 3 is 2.24 bits per heavy atom. The lowest BCUT2D eigenvalue weighted by atomic mass is 10.1. The summed E-state index contributed by atoms with van der Waals surface area (Å²) in [5.74, 6) is 0. The van der Waals surface area contributed by atoms with Gasteiger partial charge >= 0.3 is 6.18 Å². The van der Waals surface area contributed by atoms with E-state index in [1.807, 2.05) is 0 Å². The molecule has 0 amide bonds. The molecule has 0 bridgehead atoms. The Hall–Kier alpha value is -1.86. The van der Waals surface area contributed by atoms with E-state index in [-0.39, 0.29) is 17.0 Å². The van der Waals surface area contributed by atoms with Crippen LogP contribution in [-0.4, -0.2) is 8.42 Å². The van der Waals surface area contributed by atoms with Gasteiger partial charge in [0.1, 0.15) is 0 Å². The van der Waals surface area contributed by atoms with E-state index >= 15 is 0 Å². The third-order valence-corrected chi connectivity index (χ3v) is 4.19. The molecule has 0 saturated heterocycles. The fourth-order valence-corrected chi connectivity index (χ4v) is 2.76. The van der Waals surface area contributed by atoms with E-state index in [0.717, 1.165) is 12.1 Å².